The maximum absolute atomic E-state index is 11.8. The Labute approximate surface area is 279 Å². The summed E-state index contributed by atoms with van der Waals surface area (Å²) in [6.45, 7) is 2.40. The SMILES string of the molecule is Cc1ccc2cc(C=O)c(COC=Cc3ccc4cc(N(c5ccc6ccccc6c5)c5ccc6ccccc6c5)ccc4c3)cc2c1. The fraction of sp³-hybridized carbons (Fsp3) is 0.0444. The van der Waals surface area contributed by atoms with Crippen LogP contribution in [-0.2, 0) is 11.3 Å². The molecule has 0 fully saturated rings. The van der Waals surface area contributed by atoms with Gasteiger partial charge in [0.1, 0.15) is 12.9 Å². The van der Waals surface area contributed by atoms with Gasteiger partial charge in [-0.25, -0.2) is 0 Å². The van der Waals surface area contributed by atoms with Crippen molar-refractivity contribution in [2.45, 2.75) is 13.5 Å². The number of benzene rings is 8. The highest BCUT2D eigenvalue weighted by molar-refractivity contribution is 5.95. The van der Waals surface area contributed by atoms with Crippen LogP contribution in [-0.4, -0.2) is 6.29 Å². The van der Waals surface area contributed by atoms with E-state index in [1.54, 1.807) is 6.26 Å². The Kier molecular flexibility index (Phi) is 7.64. The predicted octanol–water partition coefficient (Wildman–Crippen LogP) is 12.1. The van der Waals surface area contributed by atoms with Crippen molar-refractivity contribution < 1.29 is 9.53 Å². The van der Waals surface area contributed by atoms with Crippen molar-refractivity contribution in [3.8, 4) is 0 Å². The first-order valence-electron chi connectivity index (χ1n) is 16.2. The Balaban J connectivity index is 1.08. The molecule has 0 heterocycles. The number of fused-ring (bicyclic) bond motifs is 4. The fourth-order valence-electron chi connectivity index (χ4n) is 6.55. The van der Waals surface area contributed by atoms with E-state index in [0.29, 0.717) is 12.2 Å². The molecular formula is C45H33NO2. The third kappa shape index (κ3) is 5.78. The van der Waals surface area contributed by atoms with E-state index in [9.17, 15) is 4.79 Å². The van der Waals surface area contributed by atoms with Gasteiger partial charge in [-0.1, -0.05) is 103 Å². The number of ether oxygens (including phenoxy) is 1. The van der Waals surface area contributed by atoms with Crippen molar-refractivity contribution in [1.29, 1.82) is 0 Å². The van der Waals surface area contributed by atoms with Crippen LogP contribution >= 0.6 is 0 Å². The normalized spacial score (nSPS) is 11.5. The van der Waals surface area contributed by atoms with Crippen LogP contribution in [0.4, 0.5) is 17.1 Å². The summed E-state index contributed by atoms with van der Waals surface area (Å²) in [4.78, 5) is 14.1. The molecule has 8 aromatic carbocycles. The summed E-state index contributed by atoms with van der Waals surface area (Å²) in [7, 11) is 0. The smallest absolute Gasteiger partial charge is 0.150 e. The third-order valence-electron chi connectivity index (χ3n) is 9.06. The number of anilines is 3. The van der Waals surface area contributed by atoms with Gasteiger partial charge in [-0.2, -0.15) is 0 Å². The van der Waals surface area contributed by atoms with Gasteiger partial charge < -0.3 is 9.64 Å². The van der Waals surface area contributed by atoms with Gasteiger partial charge in [0.15, 0.2) is 0 Å². The van der Waals surface area contributed by atoms with Crippen LogP contribution in [0.25, 0.3) is 49.2 Å². The summed E-state index contributed by atoms with van der Waals surface area (Å²) in [5, 5.41) is 9.32. The molecule has 0 aromatic heterocycles. The zero-order valence-electron chi connectivity index (χ0n) is 26.6. The topological polar surface area (TPSA) is 29.5 Å². The molecule has 0 saturated heterocycles. The molecule has 0 atom stereocenters. The second-order valence-corrected chi connectivity index (χ2v) is 12.3. The Morgan fingerprint density at radius 2 is 1.04 bits per heavy atom. The maximum atomic E-state index is 11.8. The quantitative estimate of drug-likeness (QED) is 0.125. The summed E-state index contributed by atoms with van der Waals surface area (Å²) in [5.74, 6) is 0. The van der Waals surface area contributed by atoms with E-state index >= 15 is 0 Å². The highest BCUT2D eigenvalue weighted by Gasteiger charge is 2.15. The molecule has 0 bridgehead atoms. The predicted molar refractivity (Wildman–Crippen MR) is 202 cm³/mol. The van der Waals surface area contributed by atoms with Crippen LogP contribution in [0.3, 0.4) is 0 Å². The number of nitrogens with zero attached hydrogens (tertiary/aromatic N) is 1. The monoisotopic (exact) mass is 619 g/mol. The second kappa shape index (κ2) is 12.5. The van der Waals surface area contributed by atoms with E-state index in [1.807, 2.05) is 18.2 Å². The van der Waals surface area contributed by atoms with Gasteiger partial charge in [-0.3, -0.25) is 4.79 Å². The van der Waals surface area contributed by atoms with Gasteiger partial charge in [0.2, 0.25) is 0 Å². The molecule has 0 amide bonds. The highest BCUT2D eigenvalue weighted by Crippen LogP contribution is 2.38. The maximum Gasteiger partial charge on any atom is 0.150 e. The second-order valence-electron chi connectivity index (χ2n) is 12.3. The summed E-state index contributed by atoms with van der Waals surface area (Å²) in [5.41, 5.74) is 7.08. The van der Waals surface area contributed by atoms with Crippen LogP contribution in [0.1, 0.15) is 27.0 Å². The molecule has 0 radical (unpaired) electrons. The molecule has 0 saturated carbocycles. The number of aldehydes is 1. The summed E-state index contributed by atoms with van der Waals surface area (Å²) >= 11 is 0. The number of hydrogen-bond donors (Lipinski definition) is 0. The molecule has 48 heavy (non-hydrogen) atoms. The lowest BCUT2D eigenvalue weighted by Crippen LogP contribution is -2.10. The van der Waals surface area contributed by atoms with E-state index < -0.39 is 0 Å². The average Bonchev–Trinajstić information content (AvgIpc) is 3.13. The molecule has 0 aliphatic carbocycles. The average molecular weight is 620 g/mol. The van der Waals surface area contributed by atoms with Crippen molar-refractivity contribution in [1.82, 2.24) is 0 Å². The van der Waals surface area contributed by atoms with Crippen molar-refractivity contribution >= 4 is 72.5 Å². The minimum absolute atomic E-state index is 0.324. The Morgan fingerprint density at radius 3 is 1.69 bits per heavy atom. The Morgan fingerprint density at radius 1 is 0.521 bits per heavy atom. The molecule has 0 unspecified atom stereocenters. The summed E-state index contributed by atoms with van der Waals surface area (Å²) < 4.78 is 5.92. The largest absolute Gasteiger partial charge is 0.496 e. The minimum atomic E-state index is 0.324. The van der Waals surface area contributed by atoms with Gasteiger partial charge in [0.05, 0.1) is 6.26 Å². The number of hydrogen-bond acceptors (Lipinski definition) is 3. The molecule has 0 N–H and O–H groups in total. The molecule has 0 spiro atoms. The van der Waals surface area contributed by atoms with E-state index in [-0.39, 0.29) is 0 Å². The zero-order valence-corrected chi connectivity index (χ0v) is 26.6. The molecule has 3 nitrogen and oxygen atoms in total. The lowest BCUT2D eigenvalue weighted by atomic mass is 10.0. The van der Waals surface area contributed by atoms with Crippen molar-refractivity contribution in [3.63, 3.8) is 0 Å². The van der Waals surface area contributed by atoms with Gasteiger partial charge in [-0.15, -0.1) is 0 Å². The lowest BCUT2D eigenvalue weighted by molar-refractivity contribution is 0.112. The van der Waals surface area contributed by atoms with Crippen LogP contribution < -0.4 is 4.90 Å². The van der Waals surface area contributed by atoms with Crippen molar-refractivity contribution in [2.75, 3.05) is 4.90 Å². The molecule has 8 aromatic rings. The molecular weight excluding hydrogens is 587 g/mol. The van der Waals surface area contributed by atoms with E-state index in [4.69, 9.17) is 4.74 Å². The van der Waals surface area contributed by atoms with Gasteiger partial charge in [0.25, 0.3) is 0 Å². The van der Waals surface area contributed by atoms with Crippen LogP contribution in [0.5, 0.6) is 0 Å². The number of carbonyl (C=O) groups is 1. The lowest BCUT2D eigenvalue weighted by Gasteiger charge is -2.26. The first-order chi connectivity index (χ1) is 23.6. The van der Waals surface area contributed by atoms with Gasteiger partial charge in [-0.05, 0) is 116 Å². The van der Waals surface area contributed by atoms with E-state index in [1.165, 1.54) is 27.1 Å². The van der Waals surface area contributed by atoms with Gasteiger partial charge >= 0.3 is 0 Å². The molecule has 3 heteroatoms. The molecule has 0 aliphatic heterocycles. The fourth-order valence-corrected chi connectivity index (χ4v) is 6.55. The first-order valence-corrected chi connectivity index (χ1v) is 16.2. The molecule has 0 aliphatic rings. The summed E-state index contributed by atoms with van der Waals surface area (Å²) in [6, 6.07) is 53.6. The molecule has 8 rings (SSSR count). The zero-order chi connectivity index (χ0) is 32.5. The third-order valence-corrected chi connectivity index (χ3v) is 9.06. The number of aryl methyl sites for hydroxylation is 1. The Bertz CT molecular complexity index is 2430. The van der Waals surface area contributed by atoms with Crippen molar-refractivity contribution in [3.05, 3.63) is 180 Å². The highest BCUT2D eigenvalue weighted by atomic mass is 16.5. The number of carbonyl (C=O) groups excluding carboxylic acids is 1. The minimum Gasteiger partial charge on any atom is -0.496 e. The van der Waals surface area contributed by atoms with E-state index in [2.05, 4.69) is 151 Å². The first kappa shape index (κ1) is 29.2. The van der Waals surface area contributed by atoms with Crippen LogP contribution in [0.2, 0.25) is 0 Å². The van der Waals surface area contributed by atoms with Crippen molar-refractivity contribution in [2.24, 2.45) is 0 Å². The number of rotatable bonds is 8. The van der Waals surface area contributed by atoms with Crippen LogP contribution in [0, 0.1) is 6.92 Å². The Hall–Kier alpha value is -6.19. The standard InChI is InChI=1S/C45H33NO2/c1-31-10-12-38-24-41(29-47)42(25-40(38)22-31)30-48-21-20-32-11-13-39-28-45(19-16-37(39)23-32)46(43-17-14-33-6-2-4-8-35(33)26-43)44-18-15-34-7-3-5-9-36(34)27-44/h2-29H,30H2,1H3. The van der Waals surface area contributed by atoms with Crippen LogP contribution in [0.15, 0.2) is 158 Å². The van der Waals surface area contributed by atoms with E-state index in [0.717, 1.165) is 56.0 Å². The summed E-state index contributed by atoms with van der Waals surface area (Å²) in [6.07, 6.45) is 4.59. The van der Waals surface area contributed by atoms with Gasteiger partial charge in [0, 0.05) is 28.2 Å². The molecule has 230 valence electrons.